The standard InChI is InChI=1S/C21H27NO5/c1-4-25-12-13-26-15-17-6-5-7-18(14-17)22-21(23)16(2)27-20-10-8-19(24-3)9-11-20/h5-11,14,16H,4,12-13,15H2,1-3H3,(H,22,23). The van der Waals surface area contributed by atoms with Crippen LogP contribution >= 0.6 is 0 Å². The van der Waals surface area contributed by atoms with E-state index in [1.165, 1.54) is 0 Å². The third-order valence-corrected chi connectivity index (χ3v) is 3.78. The van der Waals surface area contributed by atoms with Crippen LogP contribution in [0, 0.1) is 0 Å². The van der Waals surface area contributed by atoms with Crippen LogP contribution in [0.5, 0.6) is 11.5 Å². The molecule has 0 heterocycles. The van der Waals surface area contributed by atoms with E-state index in [2.05, 4.69) is 5.32 Å². The summed E-state index contributed by atoms with van der Waals surface area (Å²) in [6.07, 6.45) is -0.635. The minimum Gasteiger partial charge on any atom is -0.497 e. The Morgan fingerprint density at radius 1 is 1.04 bits per heavy atom. The van der Waals surface area contributed by atoms with Crippen molar-refractivity contribution < 1.29 is 23.7 Å². The first-order valence-electron chi connectivity index (χ1n) is 8.98. The van der Waals surface area contributed by atoms with Crippen molar-refractivity contribution >= 4 is 11.6 Å². The largest absolute Gasteiger partial charge is 0.497 e. The molecular formula is C21H27NO5. The third kappa shape index (κ3) is 7.29. The lowest BCUT2D eigenvalue weighted by atomic mass is 10.2. The molecule has 0 radical (unpaired) electrons. The molecule has 2 aromatic rings. The molecule has 0 bridgehead atoms. The zero-order chi connectivity index (χ0) is 19.5. The SMILES string of the molecule is CCOCCOCc1cccc(NC(=O)C(C)Oc2ccc(OC)cc2)c1. The predicted molar refractivity (Wildman–Crippen MR) is 104 cm³/mol. The number of benzene rings is 2. The molecule has 0 saturated heterocycles. The van der Waals surface area contributed by atoms with Crippen LogP contribution in [-0.2, 0) is 20.9 Å². The van der Waals surface area contributed by atoms with Crippen molar-refractivity contribution in [2.75, 3.05) is 32.2 Å². The molecular weight excluding hydrogens is 346 g/mol. The highest BCUT2D eigenvalue weighted by Gasteiger charge is 2.15. The Morgan fingerprint density at radius 2 is 1.74 bits per heavy atom. The zero-order valence-corrected chi connectivity index (χ0v) is 16.1. The molecule has 2 aromatic carbocycles. The summed E-state index contributed by atoms with van der Waals surface area (Å²) in [5, 5.41) is 2.87. The number of carbonyl (C=O) groups excluding carboxylic acids is 1. The van der Waals surface area contributed by atoms with Gasteiger partial charge in [0, 0.05) is 12.3 Å². The average molecular weight is 373 g/mol. The van der Waals surface area contributed by atoms with E-state index < -0.39 is 6.10 Å². The van der Waals surface area contributed by atoms with Gasteiger partial charge < -0.3 is 24.3 Å². The molecule has 6 heteroatoms. The average Bonchev–Trinajstić information content (AvgIpc) is 2.68. The summed E-state index contributed by atoms with van der Waals surface area (Å²) in [6.45, 7) is 5.92. The predicted octanol–water partition coefficient (Wildman–Crippen LogP) is 3.65. The van der Waals surface area contributed by atoms with E-state index in [-0.39, 0.29) is 5.91 Å². The Bertz CT molecular complexity index is 702. The molecule has 1 atom stereocenters. The van der Waals surface area contributed by atoms with Crippen molar-refractivity contribution in [1.29, 1.82) is 0 Å². The number of nitrogens with one attached hydrogen (secondary N) is 1. The molecule has 1 N–H and O–H groups in total. The summed E-state index contributed by atoms with van der Waals surface area (Å²) in [7, 11) is 1.60. The molecule has 0 saturated carbocycles. The third-order valence-electron chi connectivity index (χ3n) is 3.78. The highest BCUT2D eigenvalue weighted by Crippen LogP contribution is 2.19. The fourth-order valence-corrected chi connectivity index (χ4v) is 2.35. The van der Waals surface area contributed by atoms with Gasteiger partial charge in [-0.3, -0.25) is 4.79 Å². The second kappa shape index (κ2) is 11.2. The van der Waals surface area contributed by atoms with Crippen LogP contribution in [0.1, 0.15) is 19.4 Å². The van der Waals surface area contributed by atoms with E-state index in [0.29, 0.717) is 37.9 Å². The summed E-state index contributed by atoms with van der Waals surface area (Å²) in [6, 6.07) is 14.7. The maximum absolute atomic E-state index is 12.4. The Balaban J connectivity index is 1.83. The van der Waals surface area contributed by atoms with Crippen LogP contribution in [0.25, 0.3) is 0 Å². The number of rotatable bonds is 11. The molecule has 27 heavy (non-hydrogen) atoms. The van der Waals surface area contributed by atoms with Crippen LogP contribution in [-0.4, -0.2) is 38.9 Å². The second-order valence-corrected chi connectivity index (χ2v) is 5.87. The van der Waals surface area contributed by atoms with Crippen LogP contribution in [0.3, 0.4) is 0 Å². The minimum absolute atomic E-state index is 0.222. The van der Waals surface area contributed by atoms with Gasteiger partial charge in [-0.05, 0) is 55.8 Å². The van der Waals surface area contributed by atoms with Gasteiger partial charge in [-0.15, -0.1) is 0 Å². The second-order valence-electron chi connectivity index (χ2n) is 5.87. The fraction of sp³-hybridized carbons (Fsp3) is 0.381. The molecule has 0 aliphatic carbocycles. The van der Waals surface area contributed by atoms with Crippen molar-refractivity contribution in [3.63, 3.8) is 0 Å². The number of hydrogen-bond acceptors (Lipinski definition) is 5. The van der Waals surface area contributed by atoms with Gasteiger partial charge >= 0.3 is 0 Å². The first-order chi connectivity index (χ1) is 13.1. The maximum atomic E-state index is 12.4. The number of methoxy groups -OCH3 is 1. The Kier molecular flexibility index (Phi) is 8.61. The van der Waals surface area contributed by atoms with Gasteiger partial charge in [0.2, 0.25) is 0 Å². The van der Waals surface area contributed by atoms with E-state index in [1.54, 1.807) is 38.3 Å². The van der Waals surface area contributed by atoms with E-state index in [9.17, 15) is 4.79 Å². The fourth-order valence-electron chi connectivity index (χ4n) is 2.35. The van der Waals surface area contributed by atoms with Gasteiger partial charge in [-0.1, -0.05) is 12.1 Å². The molecule has 1 unspecified atom stereocenters. The zero-order valence-electron chi connectivity index (χ0n) is 16.1. The van der Waals surface area contributed by atoms with Crippen LogP contribution < -0.4 is 14.8 Å². The number of anilines is 1. The first kappa shape index (κ1) is 20.7. The number of hydrogen-bond donors (Lipinski definition) is 1. The Hall–Kier alpha value is -2.57. The lowest BCUT2D eigenvalue weighted by molar-refractivity contribution is -0.122. The van der Waals surface area contributed by atoms with Gasteiger partial charge in [-0.25, -0.2) is 0 Å². The maximum Gasteiger partial charge on any atom is 0.265 e. The van der Waals surface area contributed by atoms with Gasteiger partial charge in [0.05, 0.1) is 26.9 Å². The van der Waals surface area contributed by atoms with E-state index in [1.807, 2.05) is 31.2 Å². The van der Waals surface area contributed by atoms with Crippen LogP contribution in [0.4, 0.5) is 5.69 Å². The summed E-state index contributed by atoms with van der Waals surface area (Å²) >= 11 is 0. The molecule has 146 valence electrons. The van der Waals surface area contributed by atoms with Crippen molar-refractivity contribution in [1.82, 2.24) is 0 Å². The van der Waals surface area contributed by atoms with Gasteiger partial charge in [0.25, 0.3) is 5.91 Å². The smallest absolute Gasteiger partial charge is 0.265 e. The monoisotopic (exact) mass is 373 g/mol. The van der Waals surface area contributed by atoms with Crippen molar-refractivity contribution in [3.05, 3.63) is 54.1 Å². The molecule has 0 aliphatic heterocycles. The Morgan fingerprint density at radius 3 is 2.44 bits per heavy atom. The van der Waals surface area contributed by atoms with E-state index in [0.717, 1.165) is 11.3 Å². The molecule has 0 aliphatic rings. The summed E-state index contributed by atoms with van der Waals surface area (Å²) < 4.78 is 21.6. The van der Waals surface area contributed by atoms with E-state index in [4.69, 9.17) is 18.9 Å². The highest BCUT2D eigenvalue weighted by atomic mass is 16.5. The summed E-state index contributed by atoms with van der Waals surface area (Å²) in [4.78, 5) is 12.4. The van der Waals surface area contributed by atoms with Crippen molar-refractivity contribution in [2.24, 2.45) is 0 Å². The quantitative estimate of drug-likeness (QED) is 0.609. The van der Waals surface area contributed by atoms with Crippen LogP contribution in [0.2, 0.25) is 0 Å². The number of ether oxygens (including phenoxy) is 4. The van der Waals surface area contributed by atoms with Crippen LogP contribution in [0.15, 0.2) is 48.5 Å². The van der Waals surface area contributed by atoms with Crippen molar-refractivity contribution in [3.8, 4) is 11.5 Å². The van der Waals surface area contributed by atoms with Gasteiger partial charge in [0.15, 0.2) is 6.10 Å². The lowest BCUT2D eigenvalue weighted by Gasteiger charge is -2.15. The topological polar surface area (TPSA) is 66.0 Å². The normalized spacial score (nSPS) is 11.7. The highest BCUT2D eigenvalue weighted by molar-refractivity contribution is 5.94. The van der Waals surface area contributed by atoms with Gasteiger partial charge in [-0.2, -0.15) is 0 Å². The molecule has 0 aromatic heterocycles. The van der Waals surface area contributed by atoms with E-state index >= 15 is 0 Å². The molecule has 6 nitrogen and oxygen atoms in total. The Labute approximate surface area is 160 Å². The first-order valence-corrected chi connectivity index (χ1v) is 8.98. The van der Waals surface area contributed by atoms with Gasteiger partial charge in [0.1, 0.15) is 11.5 Å². The molecule has 1 amide bonds. The molecule has 2 rings (SSSR count). The lowest BCUT2D eigenvalue weighted by Crippen LogP contribution is -2.30. The minimum atomic E-state index is -0.635. The molecule has 0 spiro atoms. The summed E-state index contributed by atoms with van der Waals surface area (Å²) in [5.41, 5.74) is 1.68. The summed E-state index contributed by atoms with van der Waals surface area (Å²) in [5.74, 6) is 1.12. The number of amides is 1. The molecule has 0 fully saturated rings. The van der Waals surface area contributed by atoms with Crippen molar-refractivity contribution in [2.45, 2.75) is 26.6 Å². The number of carbonyl (C=O) groups is 1.